The van der Waals surface area contributed by atoms with E-state index in [1.165, 1.54) is 22.5 Å². The van der Waals surface area contributed by atoms with Crippen molar-refractivity contribution < 1.29 is 10.2 Å². The van der Waals surface area contributed by atoms with Gasteiger partial charge in [0.15, 0.2) is 0 Å². The largest absolute Gasteiger partial charge is 0.396 e. The number of hydrogen-bond donors (Lipinski definition) is 3. The number of aryl methyl sites for hydroxylation is 1. The number of aromatic amines is 1. The number of nitrogens with zero attached hydrogens (tertiary/aromatic N) is 1. The summed E-state index contributed by atoms with van der Waals surface area (Å²) < 4.78 is 1.47. The van der Waals surface area contributed by atoms with Crippen LogP contribution in [-0.4, -0.2) is 38.2 Å². The maximum Gasteiger partial charge on any atom is 0.329 e. The normalized spacial score (nSPS) is 27.6. The monoisotopic (exact) mass is 272 g/mol. The van der Waals surface area contributed by atoms with Crippen LogP contribution < -0.4 is 11.2 Å². The van der Waals surface area contributed by atoms with Gasteiger partial charge in [0.2, 0.25) is 0 Å². The molecule has 1 aromatic rings. The van der Waals surface area contributed by atoms with Crippen LogP contribution >= 0.6 is 11.8 Å². The molecule has 1 aliphatic rings. The van der Waals surface area contributed by atoms with Crippen molar-refractivity contribution in [2.45, 2.75) is 24.0 Å². The van der Waals surface area contributed by atoms with Gasteiger partial charge in [0.1, 0.15) is 0 Å². The molecule has 1 saturated heterocycles. The van der Waals surface area contributed by atoms with Crippen LogP contribution in [-0.2, 0) is 0 Å². The van der Waals surface area contributed by atoms with Gasteiger partial charge in [-0.1, -0.05) is 0 Å². The highest BCUT2D eigenvalue weighted by Crippen LogP contribution is 2.44. The number of rotatable bonds is 3. The van der Waals surface area contributed by atoms with Crippen LogP contribution in [0.1, 0.15) is 17.4 Å². The molecular formula is C11H16N2O4S. The van der Waals surface area contributed by atoms with Crippen LogP contribution in [0.5, 0.6) is 0 Å². The third-order valence-corrected chi connectivity index (χ3v) is 4.85. The minimum absolute atomic E-state index is 0.00812. The number of thioether (sulfide) groups is 1. The van der Waals surface area contributed by atoms with E-state index in [2.05, 4.69) is 4.98 Å². The third kappa shape index (κ3) is 2.38. The van der Waals surface area contributed by atoms with Crippen molar-refractivity contribution in [3.8, 4) is 0 Å². The Morgan fingerprint density at radius 2 is 2.17 bits per heavy atom. The first kappa shape index (κ1) is 13.4. The highest BCUT2D eigenvalue weighted by atomic mass is 32.2. The molecule has 2 heterocycles. The Morgan fingerprint density at radius 1 is 1.44 bits per heavy atom. The first-order valence-electron chi connectivity index (χ1n) is 5.76. The Hall–Kier alpha value is -1.05. The molecule has 3 atom stereocenters. The van der Waals surface area contributed by atoms with Crippen molar-refractivity contribution in [1.82, 2.24) is 9.55 Å². The van der Waals surface area contributed by atoms with Gasteiger partial charge in [-0.25, -0.2) is 4.79 Å². The summed E-state index contributed by atoms with van der Waals surface area (Å²) in [6.45, 7) is 1.61. The summed E-state index contributed by atoms with van der Waals surface area (Å²) in [5, 5.41) is 18.2. The molecule has 0 unspecified atom stereocenters. The van der Waals surface area contributed by atoms with E-state index in [9.17, 15) is 19.8 Å². The van der Waals surface area contributed by atoms with Crippen LogP contribution in [0.15, 0.2) is 15.8 Å². The molecule has 1 aromatic heterocycles. The summed E-state index contributed by atoms with van der Waals surface area (Å²) in [5.74, 6) is -0.0239. The second kappa shape index (κ2) is 5.29. The summed E-state index contributed by atoms with van der Waals surface area (Å²) in [7, 11) is 0. The lowest BCUT2D eigenvalue weighted by Gasteiger charge is -2.13. The first-order valence-corrected chi connectivity index (χ1v) is 6.70. The van der Waals surface area contributed by atoms with Crippen LogP contribution in [0.4, 0.5) is 0 Å². The highest BCUT2D eigenvalue weighted by molar-refractivity contribution is 8.00. The van der Waals surface area contributed by atoms with Gasteiger partial charge in [-0.2, -0.15) is 0 Å². The van der Waals surface area contributed by atoms with Gasteiger partial charge in [0.05, 0.1) is 12.0 Å². The Morgan fingerprint density at radius 3 is 2.72 bits per heavy atom. The maximum absolute atomic E-state index is 11.7. The zero-order valence-corrected chi connectivity index (χ0v) is 10.8. The van der Waals surface area contributed by atoms with E-state index in [1.54, 1.807) is 6.92 Å². The van der Waals surface area contributed by atoms with E-state index in [4.69, 9.17) is 0 Å². The van der Waals surface area contributed by atoms with Crippen molar-refractivity contribution in [3.63, 3.8) is 0 Å². The van der Waals surface area contributed by atoms with Crippen LogP contribution in [0, 0.1) is 12.8 Å². The summed E-state index contributed by atoms with van der Waals surface area (Å²) in [6.07, 6.45) is 2.14. The fraction of sp³-hybridized carbons (Fsp3) is 0.636. The quantitative estimate of drug-likeness (QED) is 0.686. The minimum Gasteiger partial charge on any atom is -0.396 e. The van der Waals surface area contributed by atoms with Gasteiger partial charge in [-0.15, -0.1) is 11.8 Å². The molecule has 1 aliphatic heterocycles. The van der Waals surface area contributed by atoms with Crippen LogP contribution in [0.3, 0.4) is 0 Å². The topological polar surface area (TPSA) is 95.3 Å². The number of nitrogens with one attached hydrogen (secondary N) is 1. The van der Waals surface area contributed by atoms with Gasteiger partial charge in [0.25, 0.3) is 5.56 Å². The summed E-state index contributed by atoms with van der Waals surface area (Å²) in [4.78, 5) is 25.3. The molecule has 0 spiro atoms. The van der Waals surface area contributed by atoms with Gasteiger partial charge >= 0.3 is 5.69 Å². The standard InChI is InChI=1S/C11H16N2O4S/c1-6-3-13(11(17)12-10(6)16)9-2-7(4-14)8(5-15)18-9/h3,7-9,14-15H,2,4-5H2,1H3,(H,12,16,17)/t7-,8-,9-/m1/s1. The highest BCUT2D eigenvalue weighted by Gasteiger charge is 2.35. The van der Waals surface area contributed by atoms with Gasteiger partial charge in [-0.05, 0) is 19.3 Å². The molecule has 0 aromatic carbocycles. The number of aliphatic hydroxyl groups is 2. The lowest BCUT2D eigenvalue weighted by atomic mass is 10.0. The molecule has 3 N–H and O–H groups in total. The lowest BCUT2D eigenvalue weighted by Crippen LogP contribution is -2.32. The first-order chi connectivity index (χ1) is 8.56. The van der Waals surface area contributed by atoms with E-state index in [0.29, 0.717) is 12.0 Å². The van der Waals surface area contributed by atoms with E-state index >= 15 is 0 Å². The maximum atomic E-state index is 11.7. The van der Waals surface area contributed by atoms with Crippen molar-refractivity contribution in [1.29, 1.82) is 0 Å². The summed E-state index contributed by atoms with van der Waals surface area (Å²) in [5.41, 5.74) is -0.349. The van der Waals surface area contributed by atoms with Crippen molar-refractivity contribution in [2.75, 3.05) is 13.2 Å². The second-order valence-corrected chi connectivity index (χ2v) is 5.89. The number of aliphatic hydroxyl groups excluding tert-OH is 2. The molecule has 2 rings (SSSR count). The van der Waals surface area contributed by atoms with Gasteiger partial charge < -0.3 is 10.2 Å². The Balaban J connectivity index is 2.31. The Kier molecular flexibility index (Phi) is 3.94. The number of H-pyrrole nitrogens is 1. The summed E-state index contributed by atoms with van der Waals surface area (Å²) in [6, 6.07) is 0. The summed E-state index contributed by atoms with van der Waals surface area (Å²) >= 11 is 1.46. The molecule has 0 radical (unpaired) electrons. The van der Waals surface area contributed by atoms with Crippen molar-refractivity contribution >= 4 is 11.8 Å². The smallest absolute Gasteiger partial charge is 0.329 e. The molecule has 0 saturated carbocycles. The van der Waals surface area contributed by atoms with Gasteiger partial charge in [0, 0.05) is 23.6 Å². The fourth-order valence-corrected chi connectivity index (χ4v) is 3.70. The van der Waals surface area contributed by atoms with E-state index in [0.717, 1.165) is 0 Å². The molecule has 6 nitrogen and oxygen atoms in total. The second-order valence-electron chi connectivity index (χ2n) is 4.47. The van der Waals surface area contributed by atoms with E-state index < -0.39 is 5.69 Å². The van der Waals surface area contributed by atoms with Crippen LogP contribution in [0.2, 0.25) is 0 Å². The zero-order chi connectivity index (χ0) is 13.3. The molecule has 1 fully saturated rings. The Labute approximate surface area is 108 Å². The van der Waals surface area contributed by atoms with Crippen LogP contribution in [0.25, 0.3) is 0 Å². The van der Waals surface area contributed by atoms with E-state index in [1.807, 2.05) is 0 Å². The van der Waals surface area contributed by atoms with Crippen molar-refractivity contribution in [2.24, 2.45) is 5.92 Å². The predicted octanol–water partition coefficient (Wildman–Crippen LogP) is -0.550. The molecule has 0 aliphatic carbocycles. The molecular weight excluding hydrogens is 256 g/mol. The average molecular weight is 272 g/mol. The zero-order valence-electron chi connectivity index (χ0n) is 10.00. The number of aromatic nitrogens is 2. The van der Waals surface area contributed by atoms with E-state index in [-0.39, 0.29) is 35.3 Å². The average Bonchev–Trinajstić information content (AvgIpc) is 2.76. The molecule has 100 valence electrons. The predicted molar refractivity (Wildman–Crippen MR) is 68.8 cm³/mol. The Bertz CT molecular complexity index is 527. The molecule has 7 heteroatoms. The SMILES string of the molecule is Cc1cn([C@H]2C[C@H](CO)[C@@H](CO)S2)c(=O)[nH]c1=O. The fourth-order valence-electron chi connectivity index (χ4n) is 2.14. The van der Waals surface area contributed by atoms with Gasteiger partial charge in [-0.3, -0.25) is 14.3 Å². The number of hydrogen-bond acceptors (Lipinski definition) is 5. The minimum atomic E-state index is -0.446. The molecule has 0 amide bonds. The molecule has 0 bridgehead atoms. The lowest BCUT2D eigenvalue weighted by molar-refractivity contribution is 0.187. The third-order valence-electron chi connectivity index (χ3n) is 3.23. The molecule has 18 heavy (non-hydrogen) atoms. The van der Waals surface area contributed by atoms with Crippen molar-refractivity contribution in [3.05, 3.63) is 32.6 Å².